The lowest BCUT2D eigenvalue weighted by molar-refractivity contribution is -0.144. The van der Waals surface area contributed by atoms with Crippen molar-refractivity contribution in [1.29, 1.82) is 0 Å². The average molecular weight is 408 g/mol. The molecule has 2 aliphatic heterocycles. The summed E-state index contributed by atoms with van der Waals surface area (Å²) in [4.78, 5) is 31.6. The Morgan fingerprint density at radius 3 is 2.32 bits per heavy atom. The minimum absolute atomic E-state index is 0.0279. The SMILES string of the molecule is Cc1cc(Cl)ccc1OC(C)C(=O)N1CCC(C(=O)N2CCN(C)CC2)CC1. The zero-order chi connectivity index (χ0) is 20.3. The van der Waals surface area contributed by atoms with Crippen molar-refractivity contribution in [3.63, 3.8) is 0 Å². The Bertz CT molecular complexity index is 711. The van der Waals surface area contributed by atoms with Gasteiger partial charge in [0.15, 0.2) is 6.10 Å². The fourth-order valence-corrected chi connectivity index (χ4v) is 4.10. The number of aryl methyl sites for hydroxylation is 1. The van der Waals surface area contributed by atoms with Crippen LogP contribution in [0.15, 0.2) is 18.2 Å². The fourth-order valence-electron chi connectivity index (χ4n) is 3.87. The lowest BCUT2D eigenvalue weighted by atomic mass is 9.94. The van der Waals surface area contributed by atoms with Crippen LogP contribution in [0.2, 0.25) is 5.02 Å². The molecule has 2 saturated heterocycles. The van der Waals surface area contributed by atoms with Crippen molar-refractivity contribution in [2.45, 2.75) is 32.8 Å². The van der Waals surface area contributed by atoms with E-state index in [0.717, 1.165) is 44.6 Å². The summed E-state index contributed by atoms with van der Waals surface area (Å²) in [6.45, 7) is 8.38. The lowest BCUT2D eigenvalue weighted by Gasteiger charge is -2.38. The number of ether oxygens (including phenoxy) is 1. The zero-order valence-corrected chi connectivity index (χ0v) is 17.7. The molecule has 0 N–H and O–H groups in total. The van der Waals surface area contributed by atoms with E-state index in [-0.39, 0.29) is 17.7 Å². The Hall–Kier alpha value is -1.79. The van der Waals surface area contributed by atoms with Crippen molar-refractivity contribution >= 4 is 23.4 Å². The second-order valence-electron chi connectivity index (χ2n) is 7.90. The molecule has 1 atom stereocenters. The molecule has 6 nitrogen and oxygen atoms in total. The maximum absolute atomic E-state index is 12.8. The van der Waals surface area contributed by atoms with Crippen molar-refractivity contribution in [1.82, 2.24) is 14.7 Å². The van der Waals surface area contributed by atoms with Crippen LogP contribution >= 0.6 is 11.6 Å². The summed E-state index contributed by atoms with van der Waals surface area (Å²) in [6, 6.07) is 5.38. The summed E-state index contributed by atoms with van der Waals surface area (Å²) in [7, 11) is 2.08. The molecule has 3 rings (SSSR count). The summed E-state index contributed by atoms with van der Waals surface area (Å²) in [6.07, 6.45) is 0.887. The number of carbonyl (C=O) groups is 2. The van der Waals surface area contributed by atoms with Gasteiger partial charge < -0.3 is 19.4 Å². The van der Waals surface area contributed by atoms with Gasteiger partial charge in [0.2, 0.25) is 5.91 Å². The molecule has 2 fully saturated rings. The number of amides is 2. The molecule has 0 bridgehead atoms. The highest BCUT2D eigenvalue weighted by Crippen LogP contribution is 2.25. The van der Waals surface area contributed by atoms with Gasteiger partial charge in [0, 0.05) is 50.2 Å². The Kier molecular flexibility index (Phi) is 6.83. The van der Waals surface area contributed by atoms with Crippen LogP contribution in [-0.2, 0) is 9.59 Å². The predicted molar refractivity (Wildman–Crippen MR) is 110 cm³/mol. The summed E-state index contributed by atoms with van der Waals surface area (Å²) in [5.74, 6) is 0.925. The topological polar surface area (TPSA) is 53.1 Å². The van der Waals surface area contributed by atoms with Gasteiger partial charge in [0.25, 0.3) is 5.91 Å². The summed E-state index contributed by atoms with van der Waals surface area (Å²) >= 11 is 5.98. The highest BCUT2D eigenvalue weighted by atomic mass is 35.5. The van der Waals surface area contributed by atoms with E-state index in [1.165, 1.54) is 0 Å². The standard InChI is InChI=1S/C21H30ClN3O3/c1-15-14-18(22)4-5-19(15)28-16(2)20(26)24-8-6-17(7-9-24)21(27)25-12-10-23(3)11-13-25/h4-5,14,16-17H,6-13H2,1-3H3. The first kappa shape index (κ1) is 20.9. The number of piperazine rings is 1. The molecule has 0 aliphatic carbocycles. The number of halogens is 1. The molecule has 0 radical (unpaired) electrons. The first-order valence-corrected chi connectivity index (χ1v) is 10.4. The zero-order valence-electron chi connectivity index (χ0n) is 17.0. The van der Waals surface area contributed by atoms with Gasteiger partial charge in [-0.1, -0.05) is 11.6 Å². The second-order valence-corrected chi connectivity index (χ2v) is 8.33. The normalized spacial score (nSPS) is 20.1. The van der Waals surface area contributed by atoms with E-state index in [4.69, 9.17) is 16.3 Å². The number of carbonyl (C=O) groups excluding carboxylic acids is 2. The van der Waals surface area contributed by atoms with Crippen LogP contribution in [0, 0.1) is 12.8 Å². The number of likely N-dealkylation sites (tertiary alicyclic amines) is 1. The van der Waals surface area contributed by atoms with Crippen molar-refractivity contribution < 1.29 is 14.3 Å². The quantitative estimate of drug-likeness (QED) is 0.769. The molecule has 0 aromatic heterocycles. The van der Waals surface area contributed by atoms with Gasteiger partial charge in [-0.2, -0.15) is 0 Å². The lowest BCUT2D eigenvalue weighted by Crippen LogP contribution is -2.51. The molecule has 2 heterocycles. The second kappa shape index (κ2) is 9.14. The average Bonchev–Trinajstić information content (AvgIpc) is 2.69. The summed E-state index contributed by atoms with van der Waals surface area (Å²) in [5, 5.41) is 0.649. The largest absolute Gasteiger partial charge is 0.481 e. The number of piperidine rings is 1. The smallest absolute Gasteiger partial charge is 0.263 e. The van der Waals surface area contributed by atoms with Crippen molar-refractivity contribution in [3.8, 4) is 5.75 Å². The highest BCUT2D eigenvalue weighted by Gasteiger charge is 2.32. The third-order valence-electron chi connectivity index (χ3n) is 5.76. The van der Waals surface area contributed by atoms with E-state index in [1.807, 2.05) is 22.8 Å². The number of hydrogen-bond donors (Lipinski definition) is 0. The van der Waals surface area contributed by atoms with Crippen LogP contribution in [0.5, 0.6) is 5.75 Å². The monoisotopic (exact) mass is 407 g/mol. The molecule has 7 heteroatoms. The third kappa shape index (κ3) is 4.97. The molecule has 0 spiro atoms. The first-order chi connectivity index (χ1) is 13.3. The Labute approximate surface area is 172 Å². The van der Waals surface area contributed by atoms with Gasteiger partial charge in [-0.15, -0.1) is 0 Å². The fraction of sp³-hybridized carbons (Fsp3) is 0.619. The molecule has 1 aromatic rings. The molecule has 1 aromatic carbocycles. The predicted octanol–water partition coefficient (Wildman–Crippen LogP) is 2.43. The number of rotatable bonds is 4. The molecule has 28 heavy (non-hydrogen) atoms. The van der Waals surface area contributed by atoms with Gasteiger partial charge in [-0.25, -0.2) is 0 Å². The van der Waals surface area contributed by atoms with E-state index < -0.39 is 6.10 Å². The first-order valence-electron chi connectivity index (χ1n) is 10.0. The number of likely N-dealkylation sites (N-methyl/N-ethyl adjacent to an activating group) is 1. The van der Waals surface area contributed by atoms with Crippen molar-refractivity contribution in [2.24, 2.45) is 5.92 Å². The van der Waals surface area contributed by atoms with Crippen molar-refractivity contribution in [3.05, 3.63) is 28.8 Å². The number of hydrogen-bond acceptors (Lipinski definition) is 4. The van der Waals surface area contributed by atoms with Crippen LogP contribution in [0.3, 0.4) is 0 Å². The van der Waals surface area contributed by atoms with Crippen LogP contribution in [0.1, 0.15) is 25.3 Å². The van der Waals surface area contributed by atoms with E-state index >= 15 is 0 Å². The maximum Gasteiger partial charge on any atom is 0.263 e. The molecule has 0 saturated carbocycles. The highest BCUT2D eigenvalue weighted by molar-refractivity contribution is 6.30. The summed E-state index contributed by atoms with van der Waals surface area (Å²) < 4.78 is 5.86. The Balaban J connectivity index is 1.49. The molecule has 2 amide bonds. The van der Waals surface area contributed by atoms with Crippen molar-refractivity contribution in [2.75, 3.05) is 46.3 Å². The van der Waals surface area contributed by atoms with Gasteiger partial charge in [-0.3, -0.25) is 9.59 Å². The van der Waals surface area contributed by atoms with E-state index in [1.54, 1.807) is 19.1 Å². The summed E-state index contributed by atoms with van der Waals surface area (Å²) in [5.41, 5.74) is 0.906. The molecule has 154 valence electrons. The van der Waals surface area contributed by atoms with E-state index in [0.29, 0.717) is 23.9 Å². The van der Waals surface area contributed by atoms with Crippen LogP contribution in [-0.4, -0.2) is 78.9 Å². The minimum atomic E-state index is -0.565. The molecule has 1 unspecified atom stereocenters. The van der Waals surface area contributed by atoms with Gasteiger partial charge in [0.1, 0.15) is 5.75 Å². The van der Waals surface area contributed by atoms with Gasteiger partial charge >= 0.3 is 0 Å². The third-order valence-corrected chi connectivity index (χ3v) is 5.99. The van der Waals surface area contributed by atoms with E-state index in [9.17, 15) is 9.59 Å². The maximum atomic E-state index is 12.8. The number of nitrogens with zero attached hydrogens (tertiary/aromatic N) is 3. The minimum Gasteiger partial charge on any atom is -0.481 e. The van der Waals surface area contributed by atoms with Crippen LogP contribution in [0.4, 0.5) is 0 Å². The van der Waals surface area contributed by atoms with E-state index in [2.05, 4.69) is 11.9 Å². The van der Waals surface area contributed by atoms with Crippen LogP contribution in [0.25, 0.3) is 0 Å². The van der Waals surface area contributed by atoms with Gasteiger partial charge in [0.05, 0.1) is 0 Å². The van der Waals surface area contributed by atoms with Crippen LogP contribution < -0.4 is 4.74 Å². The Morgan fingerprint density at radius 2 is 1.71 bits per heavy atom. The molecular formula is C21H30ClN3O3. The molecule has 2 aliphatic rings. The van der Waals surface area contributed by atoms with Gasteiger partial charge in [-0.05, 0) is 57.5 Å². The molecular weight excluding hydrogens is 378 g/mol. The number of benzene rings is 1. The Morgan fingerprint density at radius 1 is 1.07 bits per heavy atom.